The quantitative estimate of drug-likeness (QED) is 0.785. The van der Waals surface area contributed by atoms with Gasteiger partial charge in [0.05, 0.1) is 12.4 Å². The molecule has 1 fully saturated rings. The lowest BCUT2D eigenvalue weighted by atomic mass is 9.93. The van der Waals surface area contributed by atoms with Crippen molar-refractivity contribution in [3.05, 3.63) is 16.7 Å². The number of carbonyl (C=O) groups is 1. The van der Waals surface area contributed by atoms with Crippen LogP contribution < -0.4 is 11.3 Å². The number of hydrogen-bond acceptors (Lipinski definition) is 7. The van der Waals surface area contributed by atoms with Gasteiger partial charge in [-0.05, 0) is 5.92 Å². The summed E-state index contributed by atoms with van der Waals surface area (Å²) in [5, 5.41) is 0. The molecule has 3 heterocycles. The van der Waals surface area contributed by atoms with Gasteiger partial charge in [0.1, 0.15) is 12.8 Å². The maximum atomic E-state index is 11.9. The van der Waals surface area contributed by atoms with E-state index in [1.165, 1.54) is 13.3 Å². The average Bonchev–Trinajstić information content (AvgIpc) is 3.00. The number of nitrogens with zero attached hydrogens (tertiary/aromatic N) is 3. The summed E-state index contributed by atoms with van der Waals surface area (Å²) in [6.45, 7) is 5.63. The summed E-state index contributed by atoms with van der Waals surface area (Å²) in [5.74, 6) is -0.0308. The highest BCUT2D eigenvalue weighted by Crippen LogP contribution is 2.39. The Kier molecular flexibility index (Phi) is 3.80. The Morgan fingerprint density at radius 1 is 1.48 bits per heavy atom. The topological polar surface area (TPSA) is 125 Å². The van der Waals surface area contributed by atoms with Crippen molar-refractivity contribution in [3.8, 4) is 0 Å². The first-order valence-corrected chi connectivity index (χ1v) is 7.39. The molecule has 0 aromatic carbocycles. The molecule has 23 heavy (non-hydrogen) atoms. The van der Waals surface area contributed by atoms with Gasteiger partial charge < -0.3 is 15.2 Å². The molecule has 3 rings (SSSR count). The van der Waals surface area contributed by atoms with Gasteiger partial charge in [-0.1, -0.05) is 13.8 Å². The maximum absolute atomic E-state index is 11.9. The molecule has 1 saturated heterocycles. The molecule has 0 aliphatic carbocycles. The summed E-state index contributed by atoms with van der Waals surface area (Å²) in [5.41, 5.74) is 5.82. The molecular weight excluding hydrogens is 302 g/mol. The zero-order valence-corrected chi connectivity index (χ0v) is 13.1. The van der Waals surface area contributed by atoms with Crippen LogP contribution in [0.3, 0.4) is 0 Å². The van der Waals surface area contributed by atoms with E-state index in [9.17, 15) is 9.59 Å². The van der Waals surface area contributed by atoms with Crippen molar-refractivity contribution < 1.29 is 14.3 Å². The SMILES string of the molecule is CC(=O)OC[C@H]1O[C@@H](n2cnc3c(=O)[nH]c(N)nc32)[C@@H](C)C1C. The van der Waals surface area contributed by atoms with E-state index in [1.807, 2.05) is 13.8 Å². The Morgan fingerprint density at radius 3 is 2.91 bits per heavy atom. The molecule has 2 aromatic rings. The summed E-state index contributed by atoms with van der Waals surface area (Å²) in [4.78, 5) is 33.5. The first-order chi connectivity index (χ1) is 10.9. The number of rotatable bonds is 3. The first-order valence-electron chi connectivity index (χ1n) is 7.39. The van der Waals surface area contributed by atoms with Crippen molar-refractivity contribution in [3.63, 3.8) is 0 Å². The molecule has 0 radical (unpaired) electrons. The Morgan fingerprint density at radius 2 is 2.22 bits per heavy atom. The van der Waals surface area contributed by atoms with Crippen molar-refractivity contribution in [2.24, 2.45) is 11.8 Å². The molecule has 1 aliphatic heterocycles. The van der Waals surface area contributed by atoms with Crippen molar-refractivity contribution in [2.45, 2.75) is 33.1 Å². The number of H-pyrrole nitrogens is 1. The summed E-state index contributed by atoms with van der Waals surface area (Å²) in [6.07, 6.45) is 0.939. The zero-order valence-electron chi connectivity index (χ0n) is 13.1. The minimum atomic E-state index is -0.388. The molecule has 0 bridgehead atoms. The maximum Gasteiger partial charge on any atom is 0.302 e. The van der Waals surface area contributed by atoms with E-state index in [4.69, 9.17) is 15.2 Å². The van der Waals surface area contributed by atoms with E-state index in [0.717, 1.165) is 0 Å². The molecule has 0 spiro atoms. The van der Waals surface area contributed by atoms with Crippen LogP contribution >= 0.6 is 0 Å². The number of aromatic amines is 1. The average molecular weight is 321 g/mol. The van der Waals surface area contributed by atoms with Crippen LogP contribution in [0.4, 0.5) is 5.95 Å². The van der Waals surface area contributed by atoms with Gasteiger partial charge in [0, 0.05) is 12.8 Å². The van der Waals surface area contributed by atoms with Gasteiger partial charge in [-0.15, -0.1) is 0 Å². The summed E-state index contributed by atoms with van der Waals surface area (Å²) < 4.78 is 12.8. The van der Waals surface area contributed by atoms with E-state index in [1.54, 1.807) is 4.57 Å². The second-order valence-electron chi connectivity index (χ2n) is 5.86. The van der Waals surface area contributed by atoms with E-state index >= 15 is 0 Å². The van der Waals surface area contributed by atoms with Crippen LogP contribution in [0.2, 0.25) is 0 Å². The first kappa shape index (κ1) is 15.5. The number of esters is 1. The van der Waals surface area contributed by atoms with E-state index in [0.29, 0.717) is 5.65 Å². The number of carbonyl (C=O) groups excluding carboxylic acids is 1. The Labute approximate surface area is 131 Å². The summed E-state index contributed by atoms with van der Waals surface area (Å²) in [7, 11) is 0. The number of nitrogens with one attached hydrogen (secondary N) is 1. The van der Waals surface area contributed by atoms with Crippen molar-refractivity contribution in [1.29, 1.82) is 0 Å². The van der Waals surface area contributed by atoms with Crippen molar-refractivity contribution >= 4 is 23.1 Å². The lowest BCUT2D eigenvalue weighted by molar-refractivity contribution is -0.146. The molecule has 9 nitrogen and oxygen atoms in total. The minimum Gasteiger partial charge on any atom is -0.463 e. The monoisotopic (exact) mass is 321 g/mol. The molecule has 2 aromatic heterocycles. The van der Waals surface area contributed by atoms with Crippen LogP contribution in [0.15, 0.2) is 11.1 Å². The largest absolute Gasteiger partial charge is 0.463 e. The van der Waals surface area contributed by atoms with E-state index in [2.05, 4.69) is 15.0 Å². The number of nitrogen functional groups attached to an aromatic ring is 1. The Bertz CT molecular complexity index is 798. The van der Waals surface area contributed by atoms with Crippen LogP contribution in [-0.2, 0) is 14.3 Å². The Hall–Kier alpha value is -2.42. The molecule has 124 valence electrons. The molecule has 9 heteroatoms. The number of hydrogen-bond donors (Lipinski definition) is 2. The highest BCUT2D eigenvalue weighted by atomic mass is 16.6. The normalized spacial score (nSPS) is 27.4. The smallest absolute Gasteiger partial charge is 0.302 e. The number of fused-ring (bicyclic) bond motifs is 1. The molecule has 0 amide bonds. The third-order valence-electron chi connectivity index (χ3n) is 4.36. The highest BCUT2D eigenvalue weighted by molar-refractivity contribution is 5.70. The highest BCUT2D eigenvalue weighted by Gasteiger charge is 2.41. The molecule has 1 aliphatic rings. The van der Waals surface area contributed by atoms with E-state index < -0.39 is 0 Å². The van der Waals surface area contributed by atoms with Crippen molar-refractivity contribution in [2.75, 3.05) is 12.3 Å². The number of anilines is 1. The number of nitrogens with two attached hydrogens (primary N) is 1. The molecule has 0 saturated carbocycles. The lowest BCUT2D eigenvalue weighted by Crippen LogP contribution is -2.23. The van der Waals surface area contributed by atoms with Crippen LogP contribution in [0.1, 0.15) is 27.0 Å². The predicted molar refractivity (Wildman–Crippen MR) is 81.4 cm³/mol. The van der Waals surface area contributed by atoms with Gasteiger partial charge in [-0.2, -0.15) is 4.98 Å². The van der Waals surface area contributed by atoms with Crippen molar-refractivity contribution in [1.82, 2.24) is 19.5 Å². The molecule has 4 atom stereocenters. The predicted octanol–water partition coefficient (Wildman–Crippen LogP) is 0.434. The Balaban J connectivity index is 1.93. The van der Waals surface area contributed by atoms with Gasteiger partial charge in [0.25, 0.3) is 5.56 Å². The molecular formula is C14H19N5O4. The zero-order chi connectivity index (χ0) is 16.7. The van der Waals surface area contributed by atoms with Crippen LogP contribution in [-0.4, -0.2) is 38.2 Å². The van der Waals surface area contributed by atoms with Gasteiger partial charge in [0.2, 0.25) is 5.95 Å². The fraction of sp³-hybridized carbons (Fsp3) is 0.571. The lowest BCUT2D eigenvalue weighted by Gasteiger charge is -2.17. The van der Waals surface area contributed by atoms with E-state index in [-0.39, 0.29) is 53.8 Å². The second kappa shape index (κ2) is 5.65. The number of imidazole rings is 1. The fourth-order valence-electron chi connectivity index (χ4n) is 2.86. The van der Waals surface area contributed by atoms with Gasteiger partial charge >= 0.3 is 5.97 Å². The second-order valence-corrected chi connectivity index (χ2v) is 5.86. The van der Waals surface area contributed by atoms with Gasteiger partial charge in [-0.3, -0.25) is 19.1 Å². The molecule has 1 unspecified atom stereocenters. The number of ether oxygens (including phenoxy) is 2. The standard InChI is InChI=1S/C14H19N5O4/c1-6-7(2)13(23-9(6)4-22-8(3)20)19-5-16-10-11(19)17-14(15)18-12(10)21/h5-7,9,13H,4H2,1-3H3,(H3,15,17,18,21)/t6?,7-,9+,13+/m0/s1. The summed E-state index contributed by atoms with van der Waals surface area (Å²) in [6, 6.07) is 0. The third-order valence-corrected chi connectivity index (χ3v) is 4.36. The van der Waals surface area contributed by atoms with Crippen LogP contribution in [0, 0.1) is 11.8 Å². The third kappa shape index (κ3) is 2.67. The summed E-state index contributed by atoms with van der Waals surface area (Å²) >= 11 is 0. The van der Waals surface area contributed by atoms with Gasteiger partial charge in [0.15, 0.2) is 11.2 Å². The fourth-order valence-corrected chi connectivity index (χ4v) is 2.86. The van der Waals surface area contributed by atoms with Crippen LogP contribution in [0.25, 0.3) is 11.2 Å². The number of aromatic nitrogens is 4. The van der Waals surface area contributed by atoms with Crippen LogP contribution in [0.5, 0.6) is 0 Å². The molecule has 3 N–H and O–H groups in total. The minimum absolute atomic E-state index is 0.0272. The van der Waals surface area contributed by atoms with Gasteiger partial charge in [-0.25, -0.2) is 4.98 Å².